The fraction of sp³-hybridized carbons (Fsp3) is 0.286. The Hall–Kier alpha value is -0.790. The van der Waals surface area contributed by atoms with Crippen molar-refractivity contribution in [1.29, 1.82) is 0 Å². The van der Waals surface area contributed by atoms with Gasteiger partial charge in [0.05, 0.1) is 0 Å². The van der Waals surface area contributed by atoms with Gasteiger partial charge in [-0.25, -0.2) is 0 Å². The molecule has 0 radical (unpaired) electrons. The summed E-state index contributed by atoms with van der Waals surface area (Å²) >= 11 is 0. The highest BCUT2D eigenvalue weighted by Crippen LogP contribution is 2.08. The van der Waals surface area contributed by atoms with Crippen molar-refractivity contribution in [1.82, 2.24) is 4.98 Å². The third-order valence-corrected chi connectivity index (χ3v) is 1.87. The molecule has 0 aliphatic carbocycles. The molecule has 3 nitrogen and oxygen atoms in total. The monoisotopic (exact) mass is 169 g/mol. The smallest absolute Gasteiger partial charge is 0.309 e. The average molecular weight is 169 g/mol. The second-order valence-corrected chi connectivity index (χ2v) is 3.24. The van der Waals surface area contributed by atoms with Gasteiger partial charge >= 0.3 is 8.03 Å². The Labute approximate surface area is 66.0 Å². The van der Waals surface area contributed by atoms with Gasteiger partial charge in [0.1, 0.15) is 6.16 Å². The molecule has 1 aromatic heterocycles. The van der Waals surface area contributed by atoms with Crippen LogP contribution in [0.4, 0.5) is 0 Å². The quantitative estimate of drug-likeness (QED) is 0.626. The topological polar surface area (TPSA) is 53.0 Å². The predicted molar refractivity (Wildman–Crippen MR) is 40.4 cm³/mol. The summed E-state index contributed by atoms with van der Waals surface area (Å²) in [5.41, 5.74) is 0.826. The van der Waals surface area contributed by atoms with E-state index in [9.17, 15) is 9.46 Å². The van der Waals surface area contributed by atoms with Gasteiger partial charge in [0, 0.05) is 18.3 Å². The van der Waals surface area contributed by atoms with Gasteiger partial charge in [-0.15, -0.1) is 0 Å². The molecule has 0 aliphatic rings. The standard InChI is InChI=1S/C7H8NO2P/c9-11(10)6-4-7-3-1-2-5-8-7/h1-3,5H,4,6H2. The number of aryl methyl sites for hydroxylation is 1. The minimum atomic E-state index is -2.26. The van der Waals surface area contributed by atoms with Crippen molar-refractivity contribution < 1.29 is 9.46 Å². The zero-order chi connectivity index (χ0) is 8.10. The number of hydrogen-bond donors (Lipinski definition) is 0. The van der Waals surface area contributed by atoms with E-state index in [0.29, 0.717) is 6.42 Å². The van der Waals surface area contributed by atoms with E-state index < -0.39 is 8.03 Å². The van der Waals surface area contributed by atoms with Crippen LogP contribution in [0, 0.1) is 0 Å². The van der Waals surface area contributed by atoms with Gasteiger partial charge in [0.15, 0.2) is 0 Å². The lowest BCUT2D eigenvalue weighted by Crippen LogP contribution is -1.96. The summed E-state index contributed by atoms with van der Waals surface area (Å²) in [5, 5.41) is 0. The van der Waals surface area contributed by atoms with E-state index in [1.54, 1.807) is 12.3 Å². The molecule has 1 atom stereocenters. The van der Waals surface area contributed by atoms with E-state index in [2.05, 4.69) is 4.98 Å². The van der Waals surface area contributed by atoms with E-state index in [1.807, 2.05) is 12.1 Å². The summed E-state index contributed by atoms with van der Waals surface area (Å²) in [7, 11) is -2.26. The maximum Gasteiger partial charge on any atom is 0.309 e. The molecule has 0 fully saturated rings. The molecular formula is C7H8NO2P. The number of rotatable bonds is 3. The van der Waals surface area contributed by atoms with Crippen molar-refractivity contribution in [3.8, 4) is 0 Å². The van der Waals surface area contributed by atoms with Crippen LogP contribution in [0.2, 0.25) is 0 Å². The van der Waals surface area contributed by atoms with Gasteiger partial charge < -0.3 is 4.89 Å². The predicted octanol–water partition coefficient (Wildman–Crippen LogP) is 0.727. The van der Waals surface area contributed by atoms with Crippen LogP contribution < -0.4 is 4.89 Å². The van der Waals surface area contributed by atoms with Crippen molar-refractivity contribution in [3.63, 3.8) is 0 Å². The molecular weight excluding hydrogens is 161 g/mol. The third kappa shape index (κ3) is 3.21. The summed E-state index contributed by atoms with van der Waals surface area (Å²) in [6.45, 7) is 0. The summed E-state index contributed by atoms with van der Waals surface area (Å²) in [5.74, 6) is 0. The Morgan fingerprint density at radius 2 is 2.36 bits per heavy atom. The Morgan fingerprint density at radius 3 is 2.91 bits per heavy atom. The Bertz CT molecular complexity index is 237. The molecule has 0 bridgehead atoms. The van der Waals surface area contributed by atoms with E-state index >= 15 is 0 Å². The summed E-state index contributed by atoms with van der Waals surface area (Å²) in [6.07, 6.45) is 2.36. The van der Waals surface area contributed by atoms with E-state index in [0.717, 1.165) is 5.69 Å². The minimum absolute atomic E-state index is 0.187. The molecule has 4 heteroatoms. The van der Waals surface area contributed by atoms with Crippen LogP contribution >= 0.6 is 8.03 Å². The van der Waals surface area contributed by atoms with Crippen LogP contribution in [0.1, 0.15) is 5.69 Å². The number of nitrogens with zero attached hydrogens (tertiary/aromatic N) is 1. The first-order valence-electron chi connectivity index (χ1n) is 3.31. The number of aromatic nitrogens is 1. The number of pyridine rings is 1. The van der Waals surface area contributed by atoms with Crippen LogP contribution in [0.3, 0.4) is 0 Å². The molecule has 11 heavy (non-hydrogen) atoms. The Morgan fingerprint density at radius 1 is 1.55 bits per heavy atom. The molecule has 0 aliphatic heterocycles. The zero-order valence-corrected chi connectivity index (χ0v) is 6.83. The highest BCUT2D eigenvalue weighted by atomic mass is 31.1. The number of hydrogen-bond acceptors (Lipinski definition) is 3. The Balaban J connectivity index is 2.45. The first kappa shape index (κ1) is 8.31. The normalized spacial score (nSPS) is 11.2. The van der Waals surface area contributed by atoms with E-state index in [1.165, 1.54) is 0 Å². The van der Waals surface area contributed by atoms with Gasteiger partial charge in [-0.3, -0.25) is 4.98 Å². The van der Waals surface area contributed by atoms with Crippen molar-refractivity contribution in [3.05, 3.63) is 30.1 Å². The van der Waals surface area contributed by atoms with E-state index in [4.69, 9.17) is 0 Å². The lowest BCUT2D eigenvalue weighted by molar-refractivity contribution is -0.164. The minimum Gasteiger partial charge on any atom is -0.596 e. The highest BCUT2D eigenvalue weighted by molar-refractivity contribution is 7.36. The largest absolute Gasteiger partial charge is 0.596 e. The van der Waals surface area contributed by atoms with Gasteiger partial charge in [-0.05, 0) is 12.1 Å². The highest BCUT2D eigenvalue weighted by Gasteiger charge is 2.00. The molecule has 0 aromatic carbocycles. The first-order chi connectivity index (χ1) is 5.29. The Kier molecular flexibility index (Phi) is 3.14. The van der Waals surface area contributed by atoms with Gasteiger partial charge in [-0.2, -0.15) is 0 Å². The van der Waals surface area contributed by atoms with Crippen LogP contribution in [0.5, 0.6) is 0 Å². The molecule has 1 aromatic rings. The fourth-order valence-electron chi connectivity index (χ4n) is 0.752. The third-order valence-electron chi connectivity index (χ3n) is 1.28. The maximum absolute atomic E-state index is 10.2. The summed E-state index contributed by atoms with van der Waals surface area (Å²) < 4.78 is 10.2. The van der Waals surface area contributed by atoms with Crippen LogP contribution in [0.25, 0.3) is 0 Å². The van der Waals surface area contributed by atoms with Crippen LogP contribution in [-0.2, 0) is 11.0 Å². The van der Waals surface area contributed by atoms with Crippen molar-refractivity contribution >= 4 is 8.03 Å². The molecule has 1 rings (SSSR count). The van der Waals surface area contributed by atoms with Gasteiger partial charge in [0.2, 0.25) is 0 Å². The van der Waals surface area contributed by atoms with Crippen molar-refractivity contribution in [2.75, 3.05) is 6.16 Å². The molecule has 1 unspecified atom stereocenters. The van der Waals surface area contributed by atoms with E-state index in [-0.39, 0.29) is 6.16 Å². The molecule has 0 spiro atoms. The van der Waals surface area contributed by atoms with Crippen LogP contribution in [0.15, 0.2) is 24.4 Å². The molecule has 58 valence electrons. The molecule has 0 amide bonds. The first-order valence-corrected chi connectivity index (χ1v) is 4.67. The molecule has 0 saturated heterocycles. The SMILES string of the molecule is O=[P+]([O-])CCc1ccccn1. The van der Waals surface area contributed by atoms with Gasteiger partial charge in [-0.1, -0.05) is 10.6 Å². The lowest BCUT2D eigenvalue weighted by atomic mass is 10.3. The van der Waals surface area contributed by atoms with Crippen LogP contribution in [-0.4, -0.2) is 11.1 Å². The maximum atomic E-state index is 10.2. The zero-order valence-electron chi connectivity index (χ0n) is 5.93. The van der Waals surface area contributed by atoms with Gasteiger partial charge in [0.25, 0.3) is 0 Å². The second kappa shape index (κ2) is 4.16. The molecule has 0 N–H and O–H groups in total. The molecule has 0 saturated carbocycles. The fourth-order valence-corrected chi connectivity index (χ4v) is 1.16. The van der Waals surface area contributed by atoms with Crippen molar-refractivity contribution in [2.24, 2.45) is 0 Å². The average Bonchev–Trinajstić information content (AvgIpc) is 2.03. The summed E-state index contributed by atoms with van der Waals surface area (Å²) in [6, 6.07) is 5.47. The lowest BCUT2D eigenvalue weighted by Gasteiger charge is -1.92. The summed E-state index contributed by atoms with van der Waals surface area (Å²) in [4.78, 5) is 14.2. The van der Waals surface area contributed by atoms with Crippen molar-refractivity contribution in [2.45, 2.75) is 6.42 Å². The molecule has 1 heterocycles. The second-order valence-electron chi connectivity index (χ2n) is 2.13.